The van der Waals surface area contributed by atoms with Crippen molar-refractivity contribution in [2.75, 3.05) is 26.3 Å². The van der Waals surface area contributed by atoms with E-state index in [4.69, 9.17) is 4.74 Å². The van der Waals surface area contributed by atoms with E-state index in [1.165, 1.54) is 6.07 Å². The van der Waals surface area contributed by atoms with Crippen LogP contribution in [0.2, 0.25) is 0 Å². The molecule has 2 rings (SSSR count). The van der Waals surface area contributed by atoms with E-state index in [1.807, 2.05) is 19.1 Å². The van der Waals surface area contributed by atoms with Gasteiger partial charge < -0.3 is 4.74 Å². The van der Waals surface area contributed by atoms with Crippen molar-refractivity contribution in [3.8, 4) is 0 Å². The molecule has 0 aliphatic carbocycles. The second kappa shape index (κ2) is 4.73. The van der Waals surface area contributed by atoms with Crippen LogP contribution in [-0.4, -0.2) is 31.2 Å². The van der Waals surface area contributed by atoms with Crippen molar-refractivity contribution in [2.24, 2.45) is 0 Å². The lowest BCUT2D eigenvalue weighted by Gasteiger charge is -2.32. The van der Waals surface area contributed by atoms with E-state index >= 15 is 0 Å². The van der Waals surface area contributed by atoms with E-state index in [2.05, 4.69) is 4.90 Å². The predicted molar refractivity (Wildman–Crippen MR) is 57.2 cm³/mol. The first-order valence-electron chi connectivity index (χ1n) is 5.35. The Kier molecular flexibility index (Phi) is 3.34. The van der Waals surface area contributed by atoms with Crippen molar-refractivity contribution in [2.45, 2.75) is 13.0 Å². The van der Waals surface area contributed by atoms with Crippen LogP contribution in [0.5, 0.6) is 0 Å². The first kappa shape index (κ1) is 10.6. The molecule has 1 saturated heterocycles. The minimum atomic E-state index is -0.114. The van der Waals surface area contributed by atoms with Gasteiger partial charge in [-0.1, -0.05) is 18.2 Å². The lowest BCUT2D eigenvalue weighted by Crippen LogP contribution is -2.38. The summed E-state index contributed by atoms with van der Waals surface area (Å²) in [5, 5.41) is 0. The van der Waals surface area contributed by atoms with Gasteiger partial charge in [-0.05, 0) is 13.0 Å². The number of benzene rings is 1. The molecule has 1 aliphatic heterocycles. The first-order valence-corrected chi connectivity index (χ1v) is 5.35. The van der Waals surface area contributed by atoms with Crippen molar-refractivity contribution in [1.82, 2.24) is 4.90 Å². The van der Waals surface area contributed by atoms with E-state index in [-0.39, 0.29) is 11.9 Å². The smallest absolute Gasteiger partial charge is 0.127 e. The van der Waals surface area contributed by atoms with Crippen LogP contribution in [0.25, 0.3) is 0 Å². The summed E-state index contributed by atoms with van der Waals surface area (Å²) in [6, 6.07) is 7.12. The van der Waals surface area contributed by atoms with Gasteiger partial charge in [0.15, 0.2) is 0 Å². The van der Waals surface area contributed by atoms with E-state index in [1.54, 1.807) is 6.07 Å². The Hall–Kier alpha value is -0.930. The number of hydrogen-bond acceptors (Lipinski definition) is 2. The van der Waals surface area contributed by atoms with Crippen LogP contribution in [0, 0.1) is 5.82 Å². The predicted octanol–water partition coefficient (Wildman–Crippen LogP) is 2.22. The van der Waals surface area contributed by atoms with Crippen LogP contribution >= 0.6 is 0 Å². The van der Waals surface area contributed by atoms with Crippen molar-refractivity contribution < 1.29 is 9.13 Å². The van der Waals surface area contributed by atoms with Crippen LogP contribution in [-0.2, 0) is 4.74 Å². The van der Waals surface area contributed by atoms with Crippen LogP contribution in [0.3, 0.4) is 0 Å². The summed E-state index contributed by atoms with van der Waals surface area (Å²) in [7, 11) is 0. The zero-order valence-corrected chi connectivity index (χ0v) is 8.95. The fourth-order valence-corrected chi connectivity index (χ4v) is 1.98. The van der Waals surface area contributed by atoms with E-state index < -0.39 is 0 Å². The van der Waals surface area contributed by atoms with Gasteiger partial charge >= 0.3 is 0 Å². The molecule has 1 aliphatic rings. The Bertz CT molecular complexity index is 323. The summed E-state index contributed by atoms with van der Waals surface area (Å²) in [5.41, 5.74) is 0.777. The van der Waals surface area contributed by atoms with Gasteiger partial charge in [-0.2, -0.15) is 0 Å². The SMILES string of the molecule is CC(c1ccccc1F)N1CCOCC1. The van der Waals surface area contributed by atoms with Crippen LogP contribution in [0.15, 0.2) is 24.3 Å². The third-order valence-electron chi connectivity index (χ3n) is 2.95. The van der Waals surface area contributed by atoms with Crippen LogP contribution in [0.4, 0.5) is 4.39 Å². The Morgan fingerprint density at radius 1 is 1.27 bits per heavy atom. The minimum Gasteiger partial charge on any atom is -0.379 e. The summed E-state index contributed by atoms with van der Waals surface area (Å²) in [6.07, 6.45) is 0. The quantitative estimate of drug-likeness (QED) is 0.740. The summed E-state index contributed by atoms with van der Waals surface area (Å²) < 4.78 is 18.8. The molecule has 0 bridgehead atoms. The minimum absolute atomic E-state index is 0.114. The molecule has 1 aromatic rings. The highest BCUT2D eigenvalue weighted by Gasteiger charge is 2.20. The van der Waals surface area contributed by atoms with E-state index in [9.17, 15) is 4.39 Å². The molecule has 0 spiro atoms. The lowest BCUT2D eigenvalue weighted by molar-refractivity contribution is 0.0192. The molecule has 0 aromatic heterocycles. The van der Waals surface area contributed by atoms with E-state index in [0.29, 0.717) is 0 Å². The highest BCUT2D eigenvalue weighted by atomic mass is 19.1. The van der Waals surface area contributed by atoms with Gasteiger partial charge in [0.05, 0.1) is 13.2 Å². The van der Waals surface area contributed by atoms with Gasteiger partial charge in [-0.25, -0.2) is 4.39 Å². The standard InChI is InChI=1S/C12H16FNO/c1-10(14-6-8-15-9-7-14)11-4-2-3-5-12(11)13/h2-5,10H,6-9H2,1H3. The zero-order valence-electron chi connectivity index (χ0n) is 8.95. The number of halogens is 1. The van der Waals surface area contributed by atoms with Gasteiger partial charge in [0.2, 0.25) is 0 Å². The molecule has 1 unspecified atom stereocenters. The second-order valence-corrected chi connectivity index (χ2v) is 3.85. The number of ether oxygens (including phenoxy) is 1. The van der Waals surface area contributed by atoms with Gasteiger partial charge in [-0.15, -0.1) is 0 Å². The number of rotatable bonds is 2. The Balaban J connectivity index is 2.12. The van der Waals surface area contributed by atoms with Crippen LogP contribution in [0.1, 0.15) is 18.5 Å². The van der Waals surface area contributed by atoms with Crippen molar-refractivity contribution in [3.63, 3.8) is 0 Å². The number of hydrogen-bond donors (Lipinski definition) is 0. The topological polar surface area (TPSA) is 12.5 Å². The maximum absolute atomic E-state index is 13.5. The number of morpholine rings is 1. The molecule has 2 nitrogen and oxygen atoms in total. The molecular weight excluding hydrogens is 193 g/mol. The normalized spacial score (nSPS) is 20.1. The molecular formula is C12H16FNO. The van der Waals surface area contributed by atoms with Crippen molar-refractivity contribution in [1.29, 1.82) is 0 Å². The average molecular weight is 209 g/mol. The summed E-state index contributed by atoms with van der Waals surface area (Å²) in [6.45, 7) is 5.31. The van der Waals surface area contributed by atoms with Gasteiger partial charge in [0.1, 0.15) is 5.82 Å². The molecule has 0 saturated carbocycles. The summed E-state index contributed by atoms with van der Waals surface area (Å²) in [4.78, 5) is 2.25. The summed E-state index contributed by atoms with van der Waals surface area (Å²) in [5.74, 6) is -0.114. The molecule has 1 atom stereocenters. The molecule has 0 amide bonds. The zero-order chi connectivity index (χ0) is 10.7. The van der Waals surface area contributed by atoms with Crippen molar-refractivity contribution in [3.05, 3.63) is 35.6 Å². The van der Waals surface area contributed by atoms with Crippen molar-refractivity contribution >= 4 is 0 Å². The fourth-order valence-electron chi connectivity index (χ4n) is 1.98. The molecule has 82 valence electrons. The molecule has 0 N–H and O–H groups in total. The third kappa shape index (κ3) is 2.36. The number of nitrogens with zero attached hydrogens (tertiary/aromatic N) is 1. The maximum Gasteiger partial charge on any atom is 0.127 e. The van der Waals surface area contributed by atoms with E-state index in [0.717, 1.165) is 31.9 Å². The van der Waals surface area contributed by atoms with Gasteiger partial charge in [0, 0.05) is 24.7 Å². The maximum atomic E-state index is 13.5. The summed E-state index contributed by atoms with van der Waals surface area (Å²) >= 11 is 0. The average Bonchev–Trinajstić information content (AvgIpc) is 2.30. The fraction of sp³-hybridized carbons (Fsp3) is 0.500. The highest BCUT2D eigenvalue weighted by molar-refractivity contribution is 5.20. The Morgan fingerprint density at radius 2 is 1.93 bits per heavy atom. The second-order valence-electron chi connectivity index (χ2n) is 3.85. The molecule has 15 heavy (non-hydrogen) atoms. The van der Waals surface area contributed by atoms with Crippen LogP contribution < -0.4 is 0 Å². The Labute approximate surface area is 89.7 Å². The molecule has 0 radical (unpaired) electrons. The third-order valence-corrected chi connectivity index (χ3v) is 2.95. The highest BCUT2D eigenvalue weighted by Crippen LogP contribution is 2.23. The largest absolute Gasteiger partial charge is 0.379 e. The lowest BCUT2D eigenvalue weighted by atomic mass is 10.1. The monoisotopic (exact) mass is 209 g/mol. The first-order chi connectivity index (χ1) is 7.29. The molecule has 1 fully saturated rings. The molecule has 1 aromatic carbocycles. The van der Waals surface area contributed by atoms with Gasteiger partial charge in [0.25, 0.3) is 0 Å². The molecule has 3 heteroatoms. The van der Waals surface area contributed by atoms with Gasteiger partial charge in [-0.3, -0.25) is 4.90 Å². The Morgan fingerprint density at radius 3 is 2.60 bits per heavy atom. The molecule has 1 heterocycles.